The van der Waals surface area contributed by atoms with Crippen LogP contribution < -0.4 is 4.74 Å². The van der Waals surface area contributed by atoms with Crippen molar-refractivity contribution in [2.45, 2.75) is 26.8 Å². The molecule has 23 heavy (non-hydrogen) atoms. The molecule has 1 aromatic carbocycles. The van der Waals surface area contributed by atoms with Gasteiger partial charge in [0.15, 0.2) is 5.65 Å². The molecule has 0 amide bonds. The Balaban J connectivity index is 2.29. The molecule has 2 aromatic heterocycles. The van der Waals surface area contributed by atoms with Gasteiger partial charge in [0.1, 0.15) is 5.75 Å². The van der Waals surface area contributed by atoms with Crippen LogP contribution in [0.5, 0.6) is 5.75 Å². The van der Waals surface area contributed by atoms with Gasteiger partial charge < -0.3 is 4.74 Å². The predicted molar refractivity (Wildman–Crippen MR) is 84.9 cm³/mol. The van der Waals surface area contributed by atoms with Crippen molar-refractivity contribution >= 4 is 11.0 Å². The van der Waals surface area contributed by atoms with Crippen LogP contribution in [-0.4, -0.2) is 21.9 Å². The molecule has 6 heteroatoms. The fraction of sp³-hybridized carbons (Fsp3) is 0.294. The van der Waals surface area contributed by atoms with Crippen LogP contribution in [0.4, 0.5) is 8.78 Å². The minimum atomic E-state index is -2.59. The summed E-state index contributed by atoms with van der Waals surface area (Å²) in [6.45, 7) is 4.21. The fourth-order valence-electron chi connectivity index (χ4n) is 2.71. The highest BCUT2D eigenvalue weighted by Crippen LogP contribution is 2.33. The molecular weight excluding hydrogens is 300 g/mol. The second-order valence-electron chi connectivity index (χ2n) is 5.23. The van der Waals surface area contributed by atoms with Crippen molar-refractivity contribution < 1.29 is 13.5 Å². The van der Waals surface area contributed by atoms with Crippen LogP contribution in [0, 0.1) is 6.92 Å². The highest BCUT2D eigenvalue weighted by Gasteiger charge is 2.20. The van der Waals surface area contributed by atoms with Gasteiger partial charge in [-0.05, 0) is 32.0 Å². The first-order chi connectivity index (χ1) is 11.0. The van der Waals surface area contributed by atoms with E-state index >= 15 is 0 Å². The number of hydrogen-bond acceptors (Lipinski definition) is 3. The molecule has 0 bridgehead atoms. The van der Waals surface area contributed by atoms with E-state index in [1.165, 1.54) is 6.07 Å². The molecular formula is C17H17F2N3O. The van der Waals surface area contributed by atoms with Crippen molar-refractivity contribution in [1.82, 2.24) is 14.8 Å². The lowest BCUT2D eigenvalue weighted by atomic mass is 10.1. The number of rotatable bonds is 4. The van der Waals surface area contributed by atoms with Gasteiger partial charge in [0, 0.05) is 17.7 Å². The summed E-state index contributed by atoms with van der Waals surface area (Å²) in [5.41, 5.74) is 2.24. The molecule has 120 valence electrons. The summed E-state index contributed by atoms with van der Waals surface area (Å²) in [6, 6.07) is 8.66. The third-order valence-corrected chi connectivity index (χ3v) is 3.81. The first-order valence-electron chi connectivity index (χ1n) is 7.35. The van der Waals surface area contributed by atoms with Crippen LogP contribution in [0.15, 0.2) is 30.3 Å². The standard InChI is InChI=1S/C17H17F2N3O/c1-4-22-17-15(10(2)21-22)13(16(18)19)9-14(20-17)11-6-5-7-12(8-11)23-3/h5-9,16H,4H2,1-3H3. The molecule has 0 spiro atoms. The number of aryl methyl sites for hydroxylation is 2. The molecule has 4 nitrogen and oxygen atoms in total. The maximum atomic E-state index is 13.5. The van der Waals surface area contributed by atoms with E-state index in [1.54, 1.807) is 30.8 Å². The third-order valence-electron chi connectivity index (χ3n) is 3.81. The normalized spacial score (nSPS) is 11.4. The highest BCUT2D eigenvalue weighted by molar-refractivity contribution is 5.85. The number of hydrogen-bond donors (Lipinski definition) is 0. The molecule has 0 aliphatic carbocycles. The van der Waals surface area contributed by atoms with Crippen molar-refractivity contribution in [2.75, 3.05) is 7.11 Å². The minimum absolute atomic E-state index is 0.0370. The van der Waals surface area contributed by atoms with Crippen molar-refractivity contribution in [3.63, 3.8) is 0 Å². The quantitative estimate of drug-likeness (QED) is 0.717. The Morgan fingerprint density at radius 2 is 2.04 bits per heavy atom. The first-order valence-corrected chi connectivity index (χ1v) is 7.35. The van der Waals surface area contributed by atoms with Gasteiger partial charge in [0.05, 0.1) is 23.9 Å². The Kier molecular flexibility index (Phi) is 3.98. The Bertz CT molecular complexity index is 858. The average molecular weight is 317 g/mol. The number of alkyl halides is 2. The Morgan fingerprint density at radius 1 is 1.26 bits per heavy atom. The largest absolute Gasteiger partial charge is 0.497 e. The van der Waals surface area contributed by atoms with E-state index in [1.807, 2.05) is 19.1 Å². The number of nitrogens with zero attached hydrogens (tertiary/aromatic N) is 3. The summed E-state index contributed by atoms with van der Waals surface area (Å²) >= 11 is 0. The molecule has 0 saturated carbocycles. The zero-order valence-corrected chi connectivity index (χ0v) is 13.2. The fourth-order valence-corrected chi connectivity index (χ4v) is 2.71. The molecule has 0 N–H and O–H groups in total. The molecule has 2 heterocycles. The van der Waals surface area contributed by atoms with Gasteiger partial charge >= 0.3 is 0 Å². The number of halogens is 2. The maximum Gasteiger partial charge on any atom is 0.264 e. The van der Waals surface area contributed by atoms with Crippen molar-refractivity contribution in [3.05, 3.63) is 41.6 Å². The van der Waals surface area contributed by atoms with Gasteiger partial charge in [-0.2, -0.15) is 5.10 Å². The van der Waals surface area contributed by atoms with Gasteiger partial charge in [0.2, 0.25) is 0 Å². The molecule has 0 aliphatic heterocycles. The van der Waals surface area contributed by atoms with Crippen molar-refractivity contribution in [3.8, 4) is 17.0 Å². The molecule has 0 fully saturated rings. The number of pyridine rings is 1. The zero-order chi connectivity index (χ0) is 16.6. The number of benzene rings is 1. The van der Waals surface area contributed by atoms with Crippen LogP contribution >= 0.6 is 0 Å². The molecule has 0 unspecified atom stereocenters. The van der Waals surface area contributed by atoms with Crippen molar-refractivity contribution in [2.24, 2.45) is 0 Å². The van der Waals surface area contributed by atoms with Crippen LogP contribution in [0.25, 0.3) is 22.3 Å². The van der Waals surface area contributed by atoms with Crippen LogP contribution in [0.2, 0.25) is 0 Å². The molecule has 0 aliphatic rings. The topological polar surface area (TPSA) is 39.9 Å². The summed E-state index contributed by atoms with van der Waals surface area (Å²) in [7, 11) is 1.57. The highest BCUT2D eigenvalue weighted by atomic mass is 19.3. The Hall–Kier alpha value is -2.50. The Labute approximate surface area is 132 Å². The summed E-state index contributed by atoms with van der Waals surface area (Å²) in [5, 5.41) is 4.75. The smallest absolute Gasteiger partial charge is 0.264 e. The van der Waals surface area contributed by atoms with Gasteiger partial charge in [0.25, 0.3) is 6.43 Å². The first kappa shape index (κ1) is 15.4. The lowest BCUT2D eigenvalue weighted by molar-refractivity contribution is 0.153. The second kappa shape index (κ2) is 5.95. The van der Waals surface area contributed by atoms with E-state index < -0.39 is 6.43 Å². The molecule has 3 aromatic rings. The molecule has 3 rings (SSSR count). The summed E-state index contributed by atoms with van der Waals surface area (Å²) < 4.78 is 33.9. The van der Waals surface area contributed by atoms with E-state index in [0.717, 1.165) is 5.56 Å². The average Bonchev–Trinajstić information content (AvgIpc) is 2.90. The van der Waals surface area contributed by atoms with Crippen LogP contribution in [-0.2, 0) is 6.54 Å². The summed E-state index contributed by atoms with van der Waals surface area (Å²) in [6.07, 6.45) is -2.59. The van der Waals surface area contributed by atoms with Gasteiger partial charge in [-0.15, -0.1) is 0 Å². The Morgan fingerprint density at radius 3 is 2.70 bits per heavy atom. The molecule has 0 radical (unpaired) electrons. The van der Waals surface area contributed by atoms with Crippen LogP contribution in [0.3, 0.4) is 0 Å². The second-order valence-corrected chi connectivity index (χ2v) is 5.23. The molecule has 0 saturated heterocycles. The van der Waals surface area contributed by atoms with Crippen LogP contribution in [0.1, 0.15) is 24.6 Å². The van der Waals surface area contributed by atoms with Crippen molar-refractivity contribution in [1.29, 1.82) is 0 Å². The van der Waals surface area contributed by atoms with Gasteiger partial charge in [-0.3, -0.25) is 0 Å². The third kappa shape index (κ3) is 2.65. The number of methoxy groups -OCH3 is 1. The molecule has 0 atom stereocenters. The van der Waals surface area contributed by atoms with E-state index in [0.29, 0.717) is 34.7 Å². The van der Waals surface area contributed by atoms with E-state index in [-0.39, 0.29) is 5.56 Å². The SMILES string of the molecule is CCn1nc(C)c2c(C(F)F)cc(-c3cccc(OC)c3)nc21. The maximum absolute atomic E-state index is 13.5. The number of ether oxygens (including phenoxy) is 1. The lowest BCUT2D eigenvalue weighted by Crippen LogP contribution is -1.99. The van der Waals surface area contributed by atoms with E-state index in [2.05, 4.69) is 10.1 Å². The van der Waals surface area contributed by atoms with Gasteiger partial charge in [-0.25, -0.2) is 18.4 Å². The minimum Gasteiger partial charge on any atom is -0.497 e. The number of aromatic nitrogens is 3. The number of fused-ring (bicyclic) bond motifs is 1. The summed E-state index contributed by atoms with van der Waals surface area (Å²) in [4.78, 5) is 4.57. The zero-order valence-electron chi connectivity index (χ0n) is 13.2. The summed E-state index contributed by atoms with van der Waals surface area (Å²) in [5.74, 6) is 0.656. The van der Waals surface area contributed by atoms with Gasteiger partial charge in [-0.1, -0.05) is 12.1 Å². The van der Waals surface area contributed by atoms with E-state index in [4.69, 9.17) is 4.74 Å². The van der Waals surface area contributed by atoms with E-state index in [9.17, 15) is 8.78 Å². The predicted octanol–water partition coefficient (Wildman–Crippen LogP) is 4.37. The lowest BCUT2D eigenvalue weighted by Gasteiger charge is -2.09. The monoisotopic (exact) mass is 317 g/mol.